The Hall–Kier alpha value is -2.77. The molecule has 0 unspecified atom stereocenters. The predicted molar refractivity (Wildman–Crippen MR) is 134 cm³/mol. The number of aliphatic imine (C=N–C) groups is 1. The highest BCUT2D eigenvalue weighted by molar-refractivity contribution is 9.10. The van der Waals surface area contributed by atoms with Gasteiger partial charge in [-0.2, -0.15) is 0 Å². The van der Waals surface area contributed by atoms with Gasteiger partial charge in [-0.3, -0.25) is 14.7 Å². The van der Waals surface area contributed by atoms with E-state index >= 15 is 0 Å². The normalized spacial score (nSPS) is 21.8. The maximum atomic E-state index is 14.5. The number of hydrogen-bond donors (Lipinski definition) is 2. The number of piperidine rings is 1. The molecule has 1 fully saturated rings. The van der Waals surface area contributed by atoms with Crippen LogP contribution in [0.15, 0.2) is 50.5 Å². The maximum Gasteiger partial charge on any atom is 0.338 e. The Labute approximate surface area is 223 Å². The molecule has 1 aromatic carbocycles. The quantitative estimate of drug-likeness (QED) is 0.429. The molecule has 3 heterocycles. The first-order chi connectivity index (χ1) is 17.6. The molecule has 8 nitrogen and oxygen atoms in total. The molecule has 1 saturated heterocycles. The Bertz CT molecular complexity index is 1240. The average molecular weight is 601 g/mol. The molecule has 4 rings (SSSR count). The van der Waals surface area contributed by atoms with Crippen LogP contribution in [0.3, 0.4) is 0 Å². The van der Waals surface area contributed by atoms with Crippen molar-refractivity contribution in [1.29, 1.82) is 0 Å². The van der Waals surface area contributed by atoms with Crippen LogP contribution in [-0.2, 0) is 14.3 Å². The summed E-state index contributed by atoms with van der Waals surface area (Å²) < 4.78 is 48.2. The van der Waals surface area contributed by atoms with E-state index in [2.05, 4.69) is 31.2 Å². The van der Waals surface area contributed by atoms with E-state index in [1.165, 1.54) is 41.5 Å². The SMILES string of the molecule is COC(=O)C1=C(CN2CC(F)(F)CC[C@@H]2CCC(=O)O)NC(c2nccs2)=N[C@H]1c1ccc(F)cc1Br. The van der Waals surface area contributed by atoms with Gasteiger partial charge in [0.1, 0.15) is 11.9 Å². The second-order valence-corrected chi connectivity index (χ2v) is 10.5. The van der Waals surface area contributed by atoms with Gasteiger partial charge in [0.2, 0.25) is 0 Å². The molecule has 1 aromatic heterocycles. The van der Waals surface area contributed by atoms with Crippen molar-refractivity contribution in [3.05, 3.63) is 61.9 Å². The van der Waals surface area contributed by atoms with Crippen LogP contribution >= 0.6 is 27.3 Å². The number of hydrogen-bond acceptors (Lipinski definition) is 8. The third-order valence-electron chi connectivity index (χ3n) is 6.27. The van der Waals surface area contributed by atoms with E-state index in [1.54, 1.807) is 11.6 Å². The predicted octanol–water partition coefficient (Wildman–Crippen LogP) is 4.53. The van der Waals surface area contributed by atoms with Crippen LogP contribution < -0.4 is 5.32 Å². The molecule has 0 spiro atoms. The minimum absolute atomic E-state index is 0.0842. The third kappa shape index (κ3) is 6.39. The number of carboxylic acid groups (broad SMARTS) is 1. The molecule has 2 aromatic rings. The molecular formula is C24H24BrF3N4O4S. The second kappa shape index (κ2) is 11.3. The first-order valence-electron chi connectivity index (χ1n) is 11.4. The van der Waals surface area contributed by atoms with Crippen LogP contribution in [0.1, 0.15) is 42.3 Å². The zero-order valence-corrected chi connectivity index (χ0v) is 22.1. The average Bonchev–Trinajstić information content (AvgIpc) is 3.37. The highest BCUT2D eigenvalue weighted by Gasteiger charge is 2.42. The number of aliphatic carboxylic acids is 1. The van der Waals surface area contributed by atoms with Crippen molar-refractivity contribution >= 4 is 45.0 Å². The minimum Gasteiger partial charge on any atom is -0.481 e. The Morgan fingerprint density at radius 3 is 2.81 bits per heavy atom. The Balaban J connectivity index is 1.79. The van der Waals surface area contributed by atoms with Gasteiger partial charge in [0.05, 0.1) is 19.2 Å². The fourth-order valence-corrected chi connectivity index (χ4v) is 5.69. The number of ether oxygens (including phenoxy) is 1. The van der Waals surface area contributed by atoms with Crippen molar-refractivity contribution in [2.75, 3.05) is 20.2 Å². The summed E-state index contributed by atoms with van der Waals surface area (Å²) in [7, 11) is 1.20. The van der Waals surface area contributed by atoms with Gasteiger partial charge in [-0.15, -0.1) is 11.3 Å². The standard InChI is InChI=1S/C24H24BrF3N4O4S/c1-36-23(35)19-17(11-32-12-24(27,28)7-6-14(32)3-5-18(33)34)30-21(22-29-8-9-37-22)31-20(19)15-4-2-13(26)10-16(15)25/h2,4,8-10,14,20H,3,5-7,11-12H2,1H3,(H,30,31)(H,33,34)/t14-,20-/m0/s1. The molecule has 2 aliphatic rings. The van der Waals surface area contributed by atoms with Crippen LogP contribution in [0.5, 0.6) is 0 Å². The zero-order chi connectivity index (χ0) is 26.7. The highest BCUT2D eigenvalue weighted by atomic mass is 79.9. The largest absolute Gasteiger partial charge is 0.481 e. The van der Waals surface area contributed by atoms with E-state index in [9.17, 15) is 22.8 Å². The lowest BCUT2D eigenvalue weighted by molar-refractivity contribution is -0.138. The van der Waals surface area contributed by atoms with Crippen LogP contribution in [0.2, 0.25) is 0 Å². The minimum atomic E-state index is -2.97. The summed E-state index contributed by atoms with van der Waals surface area (Å²) in [5, 5.41) is 14.5. The molecule has 2 N–H and O–H groups in total. The number of benzene rings is 1. The van der Waals surface area contributed by atoms with E-state index in [0.717, 1.165) is 0 Å². The Kier molecular flexibility index (Phi) is 8.34. The number of methoxy groups -OCH3 is 1. The van der Waals surface area contributed by atoms with Crippen LogP contribution in [0, 0.1) is 5.82 Å². The van der Waals surface area contributed by atoms with Crippen LogP contribution in [0.4, 0.5) is 13.2 Å². The van der Waals surface area contributed by atoms with Crippen LogP contribution in [0.25, 0.3) is 0 Å². The number of rotatable bonds is 8. The second-order valence-electron chi connectivity index (χ2n) is 8.78. The van der Waals surface area contributed by atoms with E-state index in [4.69, 9.17) is 9.84 Å². The summed E-state index contributed by atoms with van der Waals surface area (Å²) in [6.07, 6.45) is 1.37. The zero-order valence-electron chi connectivity index (χ0n) is 19.7. The summed E-state index contributed by atoms with van der Waals surface area (Å²) in [5.74, 6) is -4.87. The number of alkyl halides is 2. The summed E-state index contributed by atoms with van der Waals surface area (Å²) in [4.78, 5) is 34.7. The number of thiazole rings is 1. The number of nitrogens with one attached hydrogen (secondary N) is 1. The van der Waals surface area contributed by atoms with Gasteiger partial charge in [0, 0.05) is 47.2 Å². The van der Waals surface area contributed by atoms with Gasteiger partial charge in [0.25, 0.3) is 5.92 Å². The number of likely N-dealkylation sites (tertiary alicyclic amines) is 1. The monoisotopic (exact) mass is 600 g/mol. The first kappa shape index (κ1) is 27.3. The first-order valence-corrected chi connectivity index (χ1v) is 13.1. The molecule has 2 atom stereocenters. The van der Waals surface area contributed by atoms with Gasteiger partial charge in [0.15, 0.2) is 10.8 Å². The molecule has 0 saturated carbocycles. The number of amidine groups is 1. The molecule has 37 heavy (non-hydrogen) atoms. The number of nitrogens with zero attached hydrogens (tertiary/aromatic N) is 3. The van der Waals surface area contributed by atoms with Gasteiger partial charge >= 0.3 is 11.9 Å². The lowest BCUT2D eigenvalue weighted by atomic mass is 9.92. The number of carbonyl (C=O) groups excluding carboxylic acids is 1. The van der Waals surface area contributed by atoms with Crippen molar-refractivity contribution in [2.24, 2.45) is 4.99 Å². The van der Waals surface area contributed by atoms with E-state index in [1.807, 2.05) is 0 Å². The molecule has 0 aliphatic carbocycles. The smallest absolute Gasteiger partial charge is 0.338 e. The molecule has 0 amide bonds. The van der Waals surface area contributed by atoms with Crippen molar-refractivity contribution in [2.45, 2.75) is 43.7 Å². The van der Waals surface area contributed by atoms with E-state index in [0.29, 0.717) is 20.9 Å². The fraction of sp³-hybridized carbons (Fsp3) is 0.417. The summed E-state index contributed by atoms with van der Waals surface area (Å²) >= 11 is 4.64. The number of aromatic nitrogens is 1. The van der Waals surface area contributed by atoms with Crippen molar-refractivity contribution < 1.29 is 32.6 Å². The third-order valence-corrected chi connectivity index (χ3v) is 7.74. The van der Waals surface area contributed by atoms with Crippen molar-refractivity contribution in [3.63, 3.8) is 0 Å². The van der Waals surface area contributed by atoms with Gasteiger partial charge in [-0.05, 0) is 30.5 Å². The van der Waals surface area contributed by atoms with E-state index < -0.39 is 42.3 Å². The Morgan fingerprint density at radius 2 is 2.16 bits per heavy atom. The molecule has 2 aliphatic heterocycles. The van der Waals surface area contributed by atoms with Gasteiger partial charge in [-0.1, -0.05) is 22.0 Å². The molecular weight excluding hydrogens is 577 g/mol. The number of carbonyl (C=O) groups is 2. The van der Waals surface area contributed by atoms with Crippen molar-refractivity contribution in [3.8, 4) is 0 Å². The highest BCUT2D eigenvalue weighted by Crippen LogP contribution is 2.38. The molecule has 198 valence electrons. The topological polar surface area (TPSA) is 104 Å². The molecule has 0 bridgehead atoms. The maximum absolute atomic E-state index is 14.5. The van der Waals surface area contributed by atoms with Crippen LogP contribution in [-0.4, -0.2) is 64.9 Å². The summed E-state index contributed by atoms with van der Waals surface area (Å²) in [6.45, 7) is -0.699. The van der Waals surface area contributed by atoms with Crippen molar-refractivity contribution in [1.82, 2.24) is 15.2 Å². The molecule has 13 heteroatoms. The number of esters is 1. The fourth-order valence-electron chi connectivity index (χ4n) is 4.54. The Morgan fingerprint density at radius 1 is 1.38 bits per heavy atom. The lowest BCUT2D eigenvalue weighted by Crippen LogP contribution is -2.51. The number of carboxylic acids is 1. The van der Waals surface area contributed by atoms with E-state index in [-0.39, 0.29) is 43.5 Å². The van der Waals surface area contributed by atoms with Gasteiger partial charge < -0.3 is 15.2 Å². The number of halogens is 4. The summed E-state index contributed by atoms with van der Waals surface area (Å²) in [5.41, 5.74) is 0.841. The molecule has 0 radical (unpaired) electrons. The lowest BCUT2D eigenvalue weighted by Gasteiger charge is -2.41. The van der Waals surface area contributed by atoms with Gasteiger partial charge in [-0.25, -0.2) is 22.9 Å². The summed E-state index contributed by atoms with van der Waals surface area (Å²) in [6, 6.07) is 2.60.